The second-order valence-electron chi connectivity index (χ2n) is 10.5. The average molecular weight is 430 g/mol. The predicted octanol–water partition coefficient (Wildman–Crippen LogP) is 4.27. The molecule has 0 spiro atoms. The molecule has 0 radical (unpaired) electrons. The molecule has 1 aromatic heterocycles. The van der Waals surface area contributed by atoms with E-state index in [1.807, 2.05) is 6.92 Å². The van der Waals surface area contributed by atoms with E-state index in [0.717, 1.165) is 17.4 Å². The Kier molecular flexibility index (Phi) is 4.57. The molecule has 4 nitrogen and oxygen atoms in total. The number of nitrogens with two attached hydrogens (primary N) is 1. The van der Waals surface area contributed by atoms with Crippen molar-refractivity contribution in [3.05, 3.63) is 46.2 Å². The molecular formula is C28H35N3O. The van der Waals surface area contributed by atoms with Crippen LogP contribution < -0.4 is 16.4 Å². The lowest BCUT2D eigenvalue weighted by Gasteiger charge is -2.34. The summed E-state index contributed by atoms with van der Waals surface area (Å²) < 4.78 is 6.29. The van der Waals surface area contributed by atoms with Gasteiger partial charge in [0.15, 0.2) is 5.88 Å². The van der Waals surface area contributed by atoms with Crippen molar-refractivity contribution in [3.63, 3.8) is 0 Å². The molecule has 3 aliphatic heterocycles. The van der Waals surface area contributed by atoms with Gasteiger partial charge in [-0.15, -0.1) is 0 Å². The van der Waals surface area contributed by atoms with Crippen molar-refractivity contribution >= 4 is 29.3 Å². The molecule has 2 saturated heterocycles. The van der Waals surface area contributed by atoms with Crippen LogP contribution in [0, 0.1) is 23.7 Å². The number of fused-ring (bicyclic) bond motifs is 8. The molecule has 4 heteroatoms. The molecule has 2 aliphatic carbocycles. The molecule has 4 heterocycles. The van der Waals surface area contributed by atoms with E-state index in [-0.39, 0.29) is 0 Å². The Morgan fingerprint density at radius 1 is 1.22 bits per heavy atom. The Labute approximate surface area is 191 Å². The fourth-order valence-corrected chi connectivity index (χ4v) is 7.59. The summed E-state index contributed by atoms with van der Waals surface area (Å²) in [6, 6.07) is 1.44. The highest BCUT2D eigenvalue weighted by Crippen LogP contribution is 2.55. The van der Waals surface area contributed by atoms with Crippen molar-refractivity contribution in [3.8, 4) is 0 Å². The summed E-state index contributed by atoms with van der Waals surface area (Å²) in [6.07, 6.45) is 18.3. The van der Waals surface area contributed by atoms with Crippen LogP contribution >= 0.6 is 0 Å². The quantitative estimate of drug-likeness (QED) is 0.725. The first-order chi connectivity index (χ1) is 15.5. The molecule has 7 atom stereocenters. The second kappa shape index (κ2) is 7.26. The van der Waals surface area contributed by atoms with E-state index in [2.05, 4.69) is 62.1 Å². The number of aliphatic imine (C=N–C) groups is 1. The number of furan rings is 1. The number of hydrogen-bond acceptors (Lipinski definition) is 4. The average Bonchev–Trinajstić information content (AvgIpc) is 3.34. The smallest absolute Gasteiger partial charge is 0.198 e. The van der Waals surface area contributed by atoms with Gasteiger partial charge in [-0.3, -0.25) is 4.99 Å². The van der Waals surface area contributed by atoms with Gasteiger partial charge in [-0.1, -0.05) is 37.3 Å². The fourth-order valence-electron chi connectivity index (χ4n) is 7.59. The van der Waals surface area contributed by atoms with Crippen LogP contribution in [0.2, 0.25) is 0 Å². The SMILES string of the molecule is C/C=C\c1c(N)oc2c1=CCC1C=2C2CC3C4C=CC(C)=NC4CC(C)CC3N2/C1=C\C. The van der Waals surface area contributed by atoms with Crippen molar-refractivity contribution in [1.29, 1.82) is 0 Å². The van der Waals surface area contributed by atoms with Crippen LogP contribution in [0.3, 0.4) is 0 Å². The number of allylic oxidation sites excluding steroid dienone is 4. The van der Waals surface area contributed by atoms with Gasteiger partial charge >= 0.3 is 0 Å². The zero-order valence-corrected chi connectivity index (χ0v) is 19.7. The summed E-state index contributed by atoms with van der Waals surface area (Å²) in [7, 11) is 0. The van der Waals surface area contributed by atoms with E-state index >= 15 is 0 Å². The third kappa shape index (κ3) is 2.71. The summed E-state index contributed by atoms with van der Waals surface area (Å²) in [5.41, 5.74) is 12.6. The molecule has 0 bridgehead atoms. The summed E-state index contributed by atoms with van der Waals surface area (Å²) in [4.78, 5) is 7.91. The standard InChI is InChI=1S/C28H35N3O/c1-5-7-19-18-10-11-20-23(6-2)31-24-13-15(3)12-22-17(9-8-16(4)30-22)21(24)14-25(31)26(20)27(18)32-28(19)29/h5-10,15,17,20-22,24-25H,11-14,29H2,1-4H3/b7-5-,23-6-. The number of hydrogen-bond donors (Lipinski definition) is 1. The van der Waals surface area contributed by atoms with Gasteiger partial charge in [-0.2, -0.15) is 0 Å². The number of nitrogens with zero attached hydrogens (tertiary/aromatic N) is 2. The molecule has 32 heavy (non-hydrogen) atoms. The van der Waals surface area contributed by atoms with Crippen LogP contribution in [0.1, 0.15) is 58.9 Å². The van der Waals surface area contributed by atoms with Gasteiger partial charge in [0.1, 0.15) is 5.42 Å². The third-order valence-electron chi connectivity index (χ3n) is 8.69. The lowest BCUT2D eigenvalue weighted by molar-refractivity contribution is 0.223. The number of rotatable bonds is 1. The molecule has 2 N–H and O–H groups in total. The predicted molar refractivity (Wildman–Crippen MR) is 132 cm³/mol. The maximum Gasteiger partial charge on any atom is 0.198 e. The third-order valence-corrected chi connectivity index (χ3v) is 8.69. The van der Waals surface area contributed by atoms with Crippen LogP contribution in [0.25, 0.3) is 17.7 Å². The van der Waals surface area contributed by atoms with E-state index in [9.17, 15) is 0 Å². The first-order valence-electron chi connectivity index (χ1n) is 12.4. The highest BCUT2D eigenvalue weighted by atomic mass is 16.3. The Bertz CT molecular complexity index is 1200. The van der Waals surface area contributed by atoms with Crippen molar-refractivity contribution in [2.24, 2.45) is 28.7 Å². The summed E-state index contributed by atoms with van der Waals surface area (Å²) in [6.45, 7) is 8.84. The zero-order valence-electron chi connectivity index (χ0n) is 19.7. The molecule has 7 unspecified atom stereocenters. The van der Waals surface area contributed by atoms with Gasteiger partial charge in [0.25, 0.3) is 0 Å². The molecule has 168 valence electrons. The number of dihydropyridines is 1. The maximum absolute atomic E-state index is 6.35. The minimum atomic E-state index is 0.420. The van der Waals surface area contributed by atoms with Gasteiger partial charge in [0.2, 0.25) is 0 Å². The summed E-state index contributed by atoms with van der Waals surface area (Å²) >= 11 is 0. The van der Waals surface area contributed by atoms with E-state index < -0.39 is 0 Å². The van der Waals surface area contributed by atoms with E-state index in [4.69, 9.17) is 15.1 Å². The first-order valence-corrected chi connectivity index (χ1v) is 12.4. The van der Waals surface area contributed by atoms with Crippen molar-refractivity contribution in [1.82, 2.24) is 4.90 Å². The number of nitrogen functional groups attached to an aromatic ring is 1. The lowest BCUT2D eigenvalue weighted by atomic mass is 9.77. The fraction of sp³-hybridized carbons (Fsp3) is 0.536. The van der Waals surface area contributed by atoms with Crippen molar-refractivity contribution < 1.29 is 4.42 Å². The zero-order chi connectivity index (χ0) is 22.1. The molecule has 5 aliphatic rings. The lowest BCUT2D eigenvalue weighted by Crippen LogP contribution is -2.36. The molecule has 0 aromatic carbocycles. The highest BCUT2D eigenvalue weighted by molar-refractivity contribution is 5.93. The molecule has 0 amide bonds. The minimum Gasteiger partial charge on any atom is -0.440 e. The topological polar surface area (TPSA) is 54.8 Å². The van der Waals surface area contributed by atoms with Crippen molar-refractivity contribution in [2.75, 3.05) is 5.73 Å². The van der Waals surface area contributed by atoms with Crippen LogP contribution in [0.4, 0.5) is 5.88 Å². The normalized spacial score (nSPS) is 38.7. The van der Waals surface area contributed by atoms with E-state index in [1.54, 1.807) is 0 Å². The summed E-state index contributed by atoms with van der Waals surface area (Å²) in [5.74, 6) is 2.86. The highest BCUT2D eigenvalue weighted by Gasteiger charge is 2.55. The minimum absolute atomic E-state index is 0.420. The Morgan fingerprint density at radius 2 is 2.06 bits per heavy atom. The Morgan fingerprint density at radius 3 is 2.84 bits per heavy atom. The largest absolute Gasteiger partial charge is 0.440 e. The van der Waals surface area contributed by atoms with E-state index in [0.29, 0.717) is 47.7 Å². The van der Waals surface area contributed by atoms with Gasteiger partial charge in [-0.25, -0.2) is 0 Å². The van der Waals surface area contributed by atoms with Crippen LogP contribution in [-0.4, -0.2) is 28.7 Å². The van der Waals surface area contributed by atoms with E-state index in [1.165, 1.54) is 41.5 Å². The summed E-state index contributed by atoms with van der Waals surface area (Å²) in [5, 5.41) is 1.21. The molecular weight excluding hydrogens is 394 g/mol. The van der Waals surface area contributed by atoms with Gasteiger partial charge in [0, 0.05) is 45.6 Å². The van der Waals surface area contributed by atoms with Crippen LogP contribution in [0.5, 0.6) is 0 Å². The maximum atomic E-state index is 6.35. The first kappa shape index (κ1) is 20.1. The number of anilines is 1. The van der Waals surface area contributed by atoms with Gasteiger partial charge in [-0.05, 0) is 64.4 Å². The molecule has 6 rings (SSSR count). The monoisotopic (exact) mass is 429 g/mol. The van der Waals surface area contributed by atoms with Crippen LogP contribution in [-0.2, 0) is 0 Å². The van der Waals surface area contributed by atoms with Gasteiger partial charge < -0.3 is 15.1 Å². The Balaban J connectivity index is 1.50. The van der Waals surface area contributed by atoms with Crippen LogP contribution in [0.15, 0.2) is 39.4 Å². The molecule has 3 fully saturated rings. The Hall–Kier alpha value is -2.49. The second-order valence-corrected chi connectivity index (χ2v) is 10.5. The molecule has 1 saturated carbocycles. The van der Waals surface area contributed by atoms with Crippen molar-refractivity contribution in [2.45, 2.75) is 71.5 Å². The van der Waals surface area contributed by atoms with Gasteiger partial charge in [0.05, 0.1) is 12.1 Å². The molecule has 1 aromatic rings.